The standard InChI is InChI=1S/C32H39N5O/c1-34-30-15-17-36(2)16-12-28(30)22-35-31-20-27(10-11-29(31)26-4-3-5-26)32(38)37-18-13-25(14-19-37)24-8-6-23(21-33)7-9-24/h6-11,20,22,25-26,34H,3-5,12-19H2,1-2H3/b35-22+. The molecule has 0 aromatic heterocycles. The van der Waals surface area contributed by atoms with Crippen LogP contribution in [0.15, 0.2) is 58.7 Å². The second-order valence-corrected chi connectivity index (χ2v) is 11.0. The minimum Gasteiger partial charge on any atom is -0.391 e. The van der Waals surface area contributed by atoms with Crippen LogP contribution >= 0.6 is 0 Å². The number of likely N-dealkylation sites (tertiary alicyclic amines) is 1. The van der Waals surface area contributed by atoms with Gasteiger partial charge in [-0.1, -0.05) is 24.6 Å². The Bertz CT molecular complexity index is 1240. The van der Waals surface area contributed by atoms with Crippen LogP contribution < -0.4 is 5.32 Å². The van der Waals surface area contributed by atoms with Gasteiger partial charge in [0.05, 0.1) is 17.3 Å². The third-order valence-corrected chi connectivity index (χ3v) is 8.67. The maximum absolute atomic E-state index is 13.5. The molecule has 0 radical (unpaired) electrons. The molecule has 6 nitrogen and oxygen atoms in total. The molecule has 1 saturated heterocycles. The van der Waals surface area contributed by atoms with Gasteiger partial charge < -0.3 is 15.1 Å². The van der Waals surface area contributed by atoms with Gasteiger partial charge in [0.1, 0.15) is 0 Å². The van der Waals surface area contributed by atoms with Crippen LogP contribution in [0, 0.1) is 11.3 Å². The molecule has 1 aliphatic carbocycles. The van der Waals surface area contributed by atoms with Crippen LogP contribution in [-0.4, -0.2) is 62.2 Å². The molecule has 0 unspecified atom stereocenters. The molecule has 6 heteroatoms. The van der Waals surface area contributed by atoms with Crippen molar-refractivity contribution in [3.8, 4) is 6.07 Å². The largest absolute Gasteiger partial charge is 0.391 e. The summed E-state index contributed by atoms with van der Waals surface area (Å²) in [6, 6.07) is 16.3. The number of rotatable bonds is 6. The molecule has 2 aromatic carbocycles. The van der Waals surface area contributed by atoms with Crippen molar-refractivity contribution in [1.29, 1.82) is 5.26 Å². The highest BCUT2D eigenvalue weighted by Crippen LogP contribution is 2.41. The lowest BCUT2D eigenvalue weighted by molar-refractivity contribution is 0.0713. The van der Waals surface area contributed by atoms with Crippen LogP contribution in [0.25, 0.3) is 0 Å². The van der Waals surface area contributed by atoms with E-state index in [4.69, 9.17) is 10.3 Å². The Balaban J connectivity index is 1.32. The van der Waals surface area contributed by atoms with Crippen molar-refractivity contribution < 1.29 is 4.79 Å². The van der Waals surface area contributed by atoms with Crippen LogP contribution in [0.1, 0.15) is 83.8 Å². The zero-order valence-electron chi connectivity index (χ0n) is 22.7. The molecule has 0 spiro atoms. The van der Waals surface area contributed by atoms with Crippen molar-refractivity contribution in [2.75, 3.05) is 40.3 Å². The number of hydrogen-bond acceptors (Lipinski definition) is 5. The molecular formula is C32H39N5O. The highest BCUT2D eigenvalue weighted by molar-refractivity contribution is 5.95. The lowest BCUT2D eigenvalue weighted by Crippen LogP contribution is -2.37. The van der Waals surface area contributed by atoms with E-state index in [1.807, 2.05) is 42.4 Å². The Kier molecular flexibility index (Phi) is 8.24. The molecule has 0 atom stereocenters. The lowest BCUT2D eigenvalue weighted by atomic mass is 9.79. The quantitative estimate of drug-likeness (QED) is 0.504. The Morgan fingerprint density at radius 3 is 2.39 bits per heavy atom. The Hall–Kier alpha value is -3.43. The molecule has 1 N–H and O–H groups in total. The summed E-state index contributed by atoms with van der Waals surface area (Å²) < 4.78 is 0. The van der Waals surface area contributed by atoms with Gasteiger partial charge >= 0.3 is 0 Å². The molecule has 198 valence electrons. The molecule has 5 rings (SSSR count). The molecular weight excluding hydrogens is 470 g/mol. The number of piperidine rings is 1. The summed E-state index contributed by atoms with van der Waals surface area (Å²) in [6.45, 7) is 3.57. The third-order valence-electron chi connectivity index (χ3n) is 8.67. The van der Waals surface area contributed by atoms with Crippen molar-refractivity contribution in [2.45, 2.75) is 56.8 Å². The maximum atomic E-state index is 13.5. The minimum atomic E-state index is 0.103. The number of nitriles is 1. The van der Waals surface area contributed by atoms with Gasteiger partial charge in [0, 0.05) is 57.1 Å². The van der Waals surface area contributed by atoms with E-state index in [1.54, 1.807) is 0 Å². The normalized spacial score (nSPS) is 19.8. The van der Waals surface area contributed by atoms with E-state index in [0.29, 0.717) is 17.4 Å². The van der Waals surface area contributed by atoms with Gasteiger partial charge in [0.15, 0.2) is 0 Å². The number of nitrogens with zero attached hydrogens (tertiary/aromatic N) is 4. The Labute approximate surface area is 227 Å². The number of nitrogens with one attached hydrogen (secondary N) is 1. The number of hydrogen-bond donors (Lipinski definition) is 1. The van der Waals surface area contributed by atoms with Crippen molar-refractivity contribution >= 4 is 17.8 Å². The first-order valence-corrected chi connectivity index (χ1v) is 14.1. The molecule has 2 aromatic rings. The van der Waals surface area contributed by atoms with Crippen LogP contribution in [0.5, 0.6) is 0 Å². The fraction of sp³-hybridized carbons (Fsp3) is 0.469. The molecule has 2 fully saturated rings. The van der Waals surface area contributed by atoms with Crippen molar-refractivity contribution in [1.82, 2.24) is 15.1 Å². The van der Waals surface area contributed by atoms with Gasteiger partial charge in [0.25, 0.3) is 5.91 Å². The Morgan fingerprint density at radius 2 is 1.74 bits per heavy atom. The van der Waals surface area contributed by atoms with Crippen LogP contribution in [-0.2, 0) is 0 Å². The van der Waals surface area contributed by atoms with Crippen molar-refractivity contribution in [3.05, 3.63) is 76.0 Å². The maximum Gasteiger partial charge on any atom is 0.253 e. The molecule has 2 aliphatic heterocycles. The second kappa shape index (κ2) is 12.0. The van der Waals surface area contributed by atoms with Gasteiger partial charge in [-0.25, -0.2) is 0 Å². The second-order valence-electron chi connectivity index (χ2n) is 11.0. The number of aliphatic imine (C=N–C) groups is 1. The molecule has 38 heavy (non-hydrogen) atoms. The highest BCUT2D eigenvalue weighted by atomic mass is 16.2. The minimum absolute atomic E-state index is 0.103. The van der Waals surface area contributed by atoms with E-state index in [9.17, 15) is 4.79 Å². The van der Waals surface area contributed by atoms with Gasteiger partial charge in [-0.3, -0.25) is 9.79 Å². The topological polar surface area (TPSA) is 71.7 Å². The van der Waals surface area contributed by atoms with Crippen LogP contribution in [0.2, 0.25) is 0 Å². The summed E-state index contributed by atoms with van der Waals surface area (Å²) in [6.07, 6.45) is 9.57. The van der Waals surface area contributed by atoms with Gasteiger partial charge in [-0.2, -0.15) is 5.26 Å². The SMILES string of the molecule is CNC1=C(/C=N/c2cc(C(=O)N3CCC(c4ccc(C#N)cc4)CC3)ccc2C2CCC2)CCN(C)CC1. The number of carbonyl (C=O) groups is 1. The fourth-order valence-corrected chi connectivity index (χ4v) is 5.89. The average Bonchev–Trinajstić information content (AvgIpc) is 3.11. The monoisotopic (exact) mass is 509 g/mol. The van der Waals surface area contributed by atoms with E-state index in [0.717, 1.165) is 63.1 Å². The lowest BCUT2D eigenvalue weighted by Gasteiger charge is -2.32. The summed E-state index contributed by atoms with van der Waals surface area (Å²) in [5.41, 5.74) is 7.45. The summed E-state index contributed by atoms with van der Waals surface area (Å²) in [5, 5.41) is 12.5. The van der Waals surface area contributed by atoms with E-state index >= 15 is 0 Å². The Morgan fingerprint density at radius 1 is 1.00 bits per heavy atom. The zero-order valence-corrected chi connectivity index (χ0v) is 22.7. The first kappa shape index (κ1) is 26.2. The van der Waals surface area contributed by atoms with Gasteiger partial charge in [-0.05, 0) is 92.0 Å². The fourth-order valence-electron chi connectivity index (χ4n) is 5.89. The van der Waals surface area contributed by atoms with Crippen LogP contribution in [0.3, 0.4) is 0 Å². The summed E-state index contributed by atoms with van der Waals surface area (Å²) in [5.74, 6) is 1.08. The van der Waals surface area contributed by atoms with E-state index in [2.05, 4.69) is 41.5 Å². The van der Waals surface area contributed by atoms with E-state index in [-0.39, 0.29) is 5.91 Å². The van der Waals surface area contributed by atoms with Crippen molar-refractivity contribution in [2.24, 2.45) is 4.99 Å². The number of carbonyl (C=O) groups excluding carboxylic acids is 1. The molecule has 1 amide bonds. The third kappa shape index (κ3) is 5.84. The molecule has 0 bridgehead atoms. The summed E-state index contributed by atoms with van der Waals surface area (Å²) >= 11 is 0. The molecule has 2 heterocycles. The number of benzene rings is 2. The summed E-state index contributed by atoms with van der Waals surface area (Å²) in [7, 11) is 4.17. The van der Waals surface area contributed by atoms with Gasteiger partial charge in [-0.15, -0.1) is 0 Å². The van der Waals surface area contributed by atoms with E-state index < -0.39 is 0 Å². The highest BCUT2D eigenvalue weighted by Gasteiger charge is 2.27. The number of amides is 1. The smallest absolute Gasteiger partial charge is 0.253 e. The zero-order chi connectivity index (χ0) is 26.5. The predicted molar refractivity (Wildman–Crippen MR) is 153 cm³/mol. The van der Waals surface area contributed by atoms with E-state index in [1.165, 1.54) is 41.7 Å². The van der Waals surface area contributed by atoms with Crippen molar-refractivity contribution in [3.63, 3.8) is 0 Å². The molecule has 3 aliphatic rings. The molecule has 1 saturated carbocycles. The van der Waals surface area contributed by atoms with Gasteiger partial charge in [0.2, 0.25) is 0 Å². The predicted octanol–water partition coefficient (Wildman–Crippen LogP) is 5.75. The average molecular weight is 510 g/mol. The first-order chi connectivity index (χ1) is 18.6. The first-order valence-electron chi connectivity index (χ1n) is 14.1. The van der Waals surface area contributed by atoms with Crippen LogP contribution in [0.4, 0.5) is 5.69 Å². The summed E-state index contributed by atoms with van der Waals surface area (Å²) in [4.78, 5) is 22.9.